The lowest BCUT2D eigenvalue weighted by atomic mass is 9.46. The maximum absolute atomic E-state index is 11.5. The Labute approximate surface area is 452 Å². The molecule has 8 rings (SSSR count). The SMILES string of the molecule is CC[C@H](C=C[C@@H](C)[C@H]1CC[C@H]2[C@@H]3CC=C4C[C@@H](C(O)CCCCCOCCCCCC(O)[C@H]5CC[C@@]6(C)C(=CC[C@H]7[C@@H]8CC[C@H]([C@H](C)C=C[C@@H](CC)C(C)C)[C@@]8(C)CC[C@@H]76)C5)CC[C@]4(C)[C@H]3CC[C@]12C)C(C)C. The van der Waals surface area contributed by atoms with Crippen molar-refractivity contribution in [2.45, 2.75) is 262 Å². The van der Waals surface area contributed by atoms with Crippen LogP contribution in [0.4, 0.5) is 0 Å². The van der Waals surface area contributed by atoms with Crippen molar-refractivity contribution in [3.05, 3.63) is 47.6 Å². The Balaban J connectivity index is 0.685. The van der Waals surface area contributed by atoms with Crippen molar-refractivity contribution >= 4 is 0 Å². The summed E-state index contributed by atoms with van der Waals surface area (Å²) >= 11 is 0. The topological polar surface area (TPSA) is 49.7 Å². The Morgan fingerprint density at radius 1 is 0.507 bits per heavy atom. The van der Waals surface area contributed by atoms with Gasteiger partial charge in [-0.15, -0.1) is 0 Å². The molecule has 0 bridgehead atoms. The van der Waals surface area contributed by atoms with Crippen LogP contribution < -0.4 is 0 Å². The molecule has 416 valence electrons. The van der Waals surface area contributed by atoms with E-state index in [2.05, 4.69) is 120 Å². The van der Waals surface area contributed by atoms with E-state index in [9.17, 15) is 10.2 Å². The molecule has 0 radical (unpaired) electrons. The molecule has 0 amide bonds. The van der Waals surface area contributed by atoms with Crippen LogP contribution in [0.5, 0.6) is 0 Å². The van der Waals surface area contributed by atoms with Crippen molar-refractivity contribution in [1.82, 2.24) is 0 Å². The summed E-state index contributed by atoms with van der Waals surface area (Å²) in [6, 6.07) is 0. The average Bonchev–Trinajstić information content (AvgIpc) is 3.92. The lowest BCUT2D eigenvalue weighted by Gasteiger charge is -2.58. The van der Waals surface area contributed by atoms with Gasteiger partial charge in [0.15, 0.2) is 0 Å². The van der Waals surface area contributed by atoms with Crippen molar-refractivity contribution < 1.29 is 14.9 Å². The molecule has 20 atom stereocenters. The zero-order chi connectivity index (χ0) is 52.3. The van der Waals surface area contributed by atoms with Crippen LogP contribution in [0.15, 0.2) is 47.6 Å². The number of fused-ring (bicyclic) bond motifs is 10. The summed E-state index contributed by atoms with van der Waals surface area (Å²) < 4.78 is 6.12. The van der Waals surface area contributed by atoms with Crippen molar-refractivity contribution in [2.75, 3.05) is 13.2 Å². The Hall–Kier alpha value is -1.16. The van der Waals surface area contributed by atoms with E-state index in [1.165, 1.54) is 103 Å². The number of unbranched alkanes of at least 4 members (excludes halogenated alkanes) is 4. The Bertz CT molecular complexity index is 1740. The molecule has 0 aromatic rings. The van der Waals surface area contributed by atoms with Crippen LogP contribution in [0.1, 0.15) is 250 Å². The largest absolute Gasteiger partial charge is 0.393 e. The minimum atomic E-state index is -0.161. The molecule has 2 unspecified atom stereocenters. The normalized spacial score (nSPS) is 40.8. The number of rotatable bonds is 24. The first-order valence-corrected chi connectivity index (χ1v) is 32.6. The molecule has 3 nitrogen and oxygen atoms in total. The second-order valence-electron chi connectivity index (χ2n) is 29.5. The Morgan fingerprint density at radius 3 is 1.30 bits per heavy atom. The zero-order valence-electron chi connectivity index (χ0n) is 50.0. The number of hydrogen-bond donors (Lipinski definition) is 2. The van der Waals surface area contributed by atoms with Gasteiger partial charge in [0.25, 0.3) is 0 Å². The van der Waals surface area contributed by atoms with Crippen molar-refractivity contribution in [2.24, 2.45) is 116 Å². The summed E-state index contributed by atoms with van der Waals surface area (Å²) in [6.07, 6.45) is 47.9. The van der Waals surface area contributed by atoms with Gasteiger partial charge < -0.3 is 14.9 Å². The first-order valence-electron chi connectivity index (χ1n) is 32.6. The molecule has 0 saturated heterocycles. The maximum atomic E-state index is 11.5. The van der Waals surface area contributed by atoms with Gasteiger partial charge in [0.2, 0.25) is 0 Å². The summed E-state index contributed by atoms with van der Waals surface area (Å²) in [5, 5.41) is 23.0. The monoisotopic (exact) mass is 1010 g/mol. The molecule has 0 aliphatic heterocycles. The molecule has 0 spiro atoms. The molecule has 2 N–H and O–H groups in total. The predicted octanol–water partition coefficient (Wildman–Crippen LogP) is 19.0. The van der Waals surface area contributed by atoms with Crippen molar-refractivity contribution in [3.63, 3.8) is 0 Å². The first-order chi connectivity index (χ1) is 34.9. The second-order valence-corrected chi connectivity index (χ2v) is 29.5. The van der Waals surface area contributed by atoms with Crippen molar-refractivity contribution in [1.29, 1.82) is 0 Å². The van der Waals surface area contributed by atoms with Gasteiger partial charge in [-0.25, -0.2) is 0 Å². The van der Waals surface area contributed by atoms with Crippen LogP contribution in [0.3, 0.4) is 0 Å². The van der Waals surface area contributed by atoms with Gasteiger partial charge in [-0.2, -0.15) is 0 Å². The fourth-order valence-electron chi connectivity index (χ4n) is 20.4. The van der Waals surface area contributed by atoms with Crippen LogP contribution in [0.25, 0.3) is 0 Å². The fourth-order valence-corrected chi connectivity index (χ4v) is 20.4. The van der Waals surface area contributed by atoms with Crippen LogP contribution in [-0.2, 0) is 4.74 Å². The predicted molar refractivity (Wildman–Crippen MR) is 311 cm³/mol. The molecule has 0 heterocycles. The van der Waals surface area contributed by atoms with Crippen LogP contribution in [0, 0.1) is 116 Å². The van der Waals surface area contributed by atoms with E-state index in [4.69, 9.17) is 4.74 Å². The highest BCUT2D eigenvalue weighted by Gasteiger charge is 2.61. The van der Waals surface area contributed by atoms with Crippen LogP contribution in [-0.4, -0.2) is 35.6 Å². The Kier molecular flexibility index (Phi) is 19.8. The quantitative estimate of drug-likeness (QED) is 0.0748. The van der Waals surface area contributed by atoms with E-state index >= 15 is 0 Å². The van der Waals surface area contributed by atoms with Gasteiger partial charge in [-0.3, -0.25) is 0 Å². The molecule has 73 heavy (non-hydrogen) atoms. The lowest BCUT2D eigenvalue weighted by Crippen LogP contribution is -2.50. The first kappa shape index (κ1) is 58.0. The minimum absolute atomic E-state index is 0.161. The number of ether oxygens (including phenoxy) is 1. The molecular weight excluding hydrogens is 889 g/mol. The van der Waals surface area contributed by atoms with E-state index < -0.39 is 0 Å². The van der Waals surface area contributed by atoms with Gasteiger partial charge in [0.05, 0.1) is 12.2 Å². The smallest absolute Gasteiger partial charge is 0.0571 e. The highest BCUT2D eigenvalue weighted by Crippen LogP contribution is 2.69. The number of aliphatic hydroxyl groups excluding tert-OH is 2. The summed E-state index contributed by atoms with van der Waals surface area (Å²) in [5.41, 5.74) is 5.14. The maximum Gasteiger partial charge on any atom is 0.0571 e. The summed E-state index contributed by atoms with van der Waals surface area (Å²) in [4.78, 5) is 0. The Morgan fingerprint density at radius 2 is 0.918 bits per heavy atom. The molecule has 6 fully saturated rings. The van der Waals surface area contributed by atoms with E-state index in [0.717, 1.165) is 137 Å². The highest BCUT2D eigenvalue weighted by molar-refractivity contribution is 5.27. The van der Waals surface area contributed by atoms with Crippen LogP contribution >= 0.6 is 0 Å². The van der Waals surface area contributed by atoms with Gasteiger partial charge in [-0.1, -0.05) is 156 Å². The highest BCUT2D eigenvalue weighted by atomic mass is 16.5. The molecule has 0 aromatic carbocycles. The van der Waals surface area contributed by atoms with Gasteiger partial charge >= 0.3 is 0 Å². The van der Waals surface area contributed by atoms with Crippen LogP contribution in [0.2, 0.25) is 0 Å². The van der Waals surface area contributed by atoms with Gasteiger partial charge in [0, 0.05) is 13.2 Å². The lowest BCUT2D eigenvalue weighted by molar-refractivity contribution is -0.0544. The zero-order valence-corrected chi connectivity index (χ0v) is 50.0. The number of hydrogen-bond acceptors (Lipinski definition) is 3. The molecule has 6 saturated carbocycles. The van der Waals surface area contributed by atoms with E-state index in [1.807, 2.05) is 0 Å². The number of aliphatic hydroxyl groups is 2. The third kappa shape index (κ3) is 12.1. The molecular formula is C70H118O3. The average molecular weight is 1010 g/mol. The summed E-state index contributed by atoms with van der Waals surface area (Å²) in [7, 11) is 0. The van der Waals surface area contributed by atoms with Gasteiger partial charge in [0.1, 0.15) is 0 Å². The van der Waals surface area contributed by atoms with Gasteiger partial charge in [-0.05, 0) is 258 Å². The third-order valence-corrected chi connectivity index (χ3v) is 25.3. The number of allylic oxidation sites excluding steroid dienone is 8. The standard InChI is InChI=1S/C70H118O3/c1-13-51(47(3)4)25-23-49(7)59-31-33-61-57-29-27-55-45-53(35-39-67(55,9)63(57)37-41-69(59,61)11)65(71)21-17-15-19-43-73-44-20-16-18-22-66(72)54-36-40-68(10)56(46-54)28-30-58-62-34-32-60(70(62,12)42-38-64(58)68)50(8)24-26-52(14-2)48(5)6/h23-28,47-54,57-66,71-72H,13-22,29-46H2,1-12H3/t49-,50-,51-,52-,53+,54+,57+,58+,59-,60-,61+,62+,63+,64+,65?,66?,67+,68+,69-,70-/m1/s1. The summed E-state index contributed by atoms with van der Waals surface area (Å²) in [5.74, 6) is 12.0. The molecule has 8 aliphatic rings. The van der Waals surface area contributed by atoms with E-state index in [1.54, 1.807) is 11.1 Å². The molecule has 8 aliphatic carbocycles. The third-order valence-electron chi connectivity index (χ3n) is 25.3. The van der Waals surface area contributed by atoms with Crippen molar-refractivity contribution in [3.8, 4) is 0 Å². The summed E-state index contributed by atoms with van der Waals surface area (Å²) in [6.45, 7) is 31.7. The molecule has 0 aromatic heterocycles. The minimum Gasteiger partial charge on any atom is -0.393 e. The second kappa shape index (κ2) is 24.9. The van der Waals surface area contributed by atoms with E-state index in [-0.39, 0.29) is 12.2 Å². The fraction of sp³-hybridized carbons (Fsp3) is 0.886. The molecule has 3 heteroatoms. The van der Waals surface area contributed by atoms with E-state index in [0.29, 0.717) is 57.2 Å².